The third-order valence-electron chi connectivity index (χ3n) is 17.6. The summed E-state index contributed by atoms with van der Waals surface area (Å²) in [5, 5.41) is 23.2. The Morgan fingerprint density at radius 3 is 0.850 bits per heavy atom. The van der Waals surface area contributed by atoms with E-state index in [0.717, 1.165) is 38.5 Å². The van der Waals surface area contributed by atoms with Crippen molar-refractivity contribution in [3.8, 4) is 0 Å². The van der Waals surface area contributed by atoms with Crippen molar-refractivity contribution in [1.29, 1.82) is 0 Å². The van der Waals surface area contributed by atoms with Crippen molar-refractivity contribution in [1.82, 2.24) is 5.32 Å². The van der Waals surface area contributed by atoms with Crippen LogP contribution in [0.15, 0.2) is 12.2 Å². The molecule has 0 spiro atoms. The van der Waals surface area contributed by atoms with Gasteiger partial charge in [0.05, 0.1) is 25.4 Å². The highest BCUT2D eigenvalue weighted by Crippen LogP contribution is 2.20. The summed E-state index contributed by atoms with van der Waals surface area (Å²) >= 11 is 0. The molecule has 3 N–H and O–H groups in total. The van der Waals surface area contributed by atoms with Gasteiger partial charge in [-0.05, 0) is 32.1 Å². The Labute approximate surface area is 501 Å². The Hall–Kier alpha value is -1.40. The Balaban J connectivity index is 3.30. The maximum atomic E-state index is 12.5. The fourth-order valence-electron chi connectivity index (χ4n) is 11.9. The highest BCUT2D eigenvalue weighted by atomic mass is 16.5. The minimum Gasteiger partial charge on any atom is -0.466 e. The zero-order valence-corrected chi connectivity index (χ0v) is 54.6. The number of ether oxygens (including phenoxy) is 1. The van der Waals surface area contributed by atoms with Gasteiger partial charge in [-0.15, -0.1) is 0 Å². The van der Waals surface area contributed by atoms with E-state index in [1.165, 1.54) is 360 Å². The van der Waals surface area contributed by atoms with Crippen LogP contribution in [0.25, 0.3) is 0 Å². The molecule has 0 radical (unpaired) electrons. The molecular formula is C74H145NO5. The second-order valence-corrected chi connectivity index (χ2v) is 25.6. The van der Waals surface area contributed by atoms with Gasteiger partial charge < -0.3 is 20.3 Å². The molecular weight excluding hydrogens is 983 g/mol. The lowest BCUT2D eigenvalue weighted by Crippen LogP contribution is -2.45. The maximum absolute atomic E-state index is 12.5. The molecule has 0 saturated heterocycles. The van der Waals surface area contributed by atoms with Gasteiger partial charge in [0.25, 0.3) is 0 Å². The molecule has 0 bridgehead atoms. The molecule has 0 aliphatic carbocycles. The first-order valence-electron chi connectivity index (χ1n) is 37.0. The number of carbonyl (C=O) groups excluding carboxylic acids is 2. The molecule has 0 aromatic carbocycles. The van der Waals surface area contributed by atoms with Crippen LogP contribution in [-0.4, -0.2) is 47.4 Å². The molecule has 0 saturated carbocycles. The number of rotatable bonds is 70. The number of allylic oxidation sites excluding steroid dienone is 1. The third kappa shape index (κ3) is 65.7. The molecule has 2 atom stereocenters. The Morgan fingerprint density at radius 1 is 0.338 bits per heavy atom. The Bertz CT molecular complexity index is 1210. The van der Waals surface area contributed by atoms with E-state index in [9.17, 15) is 19.8 Å². The zero-order valence-electron chi connectivity index (χ0n) is 54.6. The summed E-state index contributed by atoms with van der Waals surface area (Å²) in [6, 6.07) is -0.622. The van der Waals surface area contributed by atoms with E-state index in [4.69, 9.17) is 4.74 Å². The number of esters is 1. The molecule has 0 aliphatic rings. The molecule has 80 heavy (non-hydrogen) atoms. The van der Waals surface area contributed by atoms with Crippen molar-refractivity contribution in [2.45, 2.75) is 437 Å². The van der Waals surface area contributed by atoms with E-state index >= 15 is 0 Å². The average molecular weight is 1130 g/mol. The van der Waals surface area contributed by atoms with Crippen LogP contribution in [0.2, 0.25) is 0 Å². The van der Waals surface area contributed by atoms with E-state index in [1.807, 2.05) is 6.08 Å². The predicted octanol–water partition coefficient (Wildman–Crippen LogP) is 23.9. The minimum atomic E-state index is -0.839. The van der Waals surface area contributed by atoms with Crippen LogP contribution in [0.5, 0.6) is 0 Å². The first kappa shape index (κ1) is 78.6. The summed E-state index contributed by atoms with van der Waals surface area (Å²) in [7, 11) is 0. The van der Waals surface area contributed by atoms with E-state index in [1.54, 1.807) is 6.08 Å². The summed E-state index contributed by atoms with van der Waals surface area (Å²) in [6.45, 7) is 4.95. The number of hydrogen-bond donors (Lipinski definition) is 3. The highest BCUT2D eigenvalue weighted by Gasteiger charge is 2.18. The number of hydrogen-bond acceptors (Lipinski definition) is 5. The molecule has 0 rings (SSSR count). The Morgan fingerprint density at radius 2 is 0.575 bits per heavy atom. The third-order valence-corrected chi connectivity index (χ3v) is 17.6. The summed E-state index contributed by atoms with van der Waals surface area (Å²) in [4.78, 5) is 24.5. The molecule has 1 amide bonds. The largest absolute Gasteiger partial charge is 0.466 e. The van der Waals surface area contributed by atoms with E-state index in [-0.39, 0.29) is 18.5 Å². The normalized spacial score (nSPS) is 12.5. The van der Waals surface area contributed by atoms with Gasteiger partial charge in [-0.3, -0.25) is 9.59 Å². The smallest absolute Gasteiger partial charge is 0.305 e. The molecule has 6 nitrogen and oxygen atoms in total. The van der Waals surface area contributed by atoms with E-state index in [0.29, 0.717) is 19.4 Å². The molecule has 476 valence electrons. The lowest BCUT2D eigenvalue weighted by atomic mass is 10.0. The van der Waals surface area contributed by atoms with Crippen LogP contribution in [0, 0.1) is 0 Å². The summed E-state index contributed by atoms with van der Waals surface area (Å²) < 4.78 is 5.50. The molecule has 0 aliphatic heterocycles. The summed E-state index contributed by atoms with van der Waals surface area (Å²) in [5.74, 6) is -0.0344. The first-order chi connectivity index (χ1) is 39.5. The molecule has 6 heteroatoms. The second-order valence-electron chi connectivity index (χ2n) is 25.6. The van der Waals surface area contributed by atoms with Gasteiger partial charge in [0.2, 0.25) is 5.91 Å². The van der Waals surface area contributed by atoms with Crippen LogP contribution in [-0.2, 0) is 14.3 Å². The van der Waals surface area contributed by atoms with Crippen molar-refractivity contribution in [3.63, 3.8) is 0 Å². The van der Waals surface area contributed by atoms with Gasteiger partial charge >= 0.3 is 5.97 Å². The quantitative estimate of drug-likeness (QED) is 0.0320. The van der Waals surface area contributed by atoms with Gasteiger partial charge in [0.1, 0.15) is 0 Å². The standard InChI is InChI=1S/C74H145NO5/c1-3-5-7-9-11-13-15-17-42-46-50-54-58-62-66-72(77)71(70-76)75-73(78)67-63-59-55-51-47-43-40-38-36-34-32-30-28-26-24-22-20-19-21-23-25-27-29-31-33-35-37-39-41-45-49-53-57-61-65-69-80-74(79)68-64-60-56-52-48-44-18-16-14-12-10-8-6-4-2/h62,66,71-72,76-77H,3-61,63-65,67-70H2,1-2H3,(H,75,78)/b66-62+. The fraction of sp³-hybridized carbons (Fsp3) is 0.946. The van der Waals surface area contributed by atoms with Crippen LogP contribution in [0.4, 0.5) is 0 Å². The zero-order chi connectivity index (χ0) is 57.8. The Kier molecular flexibility index (Phi) is 68.9. The van der Waals surface area contributed by atoms with Gasteiger partial charge in [0, 0.05) is 12.8 Å². The minimum absolute atomic E-state index is 0.0255. The van der Waals surface area contributed by atoms with Crippen LogP contribution >= 0.6 is 0 Å². The number of aliphatic hydroxyl groups excluding tert-OH is 2. The van der Waals surface area contributed by atoms with Crippen molar-refractivity contribution >= 4 is 11.9 Å². The number of amides is 1. The fourth-order valence-corrected chi connectivity index (χ4v) is 11.9. The topological polar surface area (TPSA) is 95.9 Å². The SMILES string of the molecule is CCCCCCCCCCCCCC/C=C/C(O)C(CO)NC(=O)CCCCCCCCCCCCCCCCCCCCCCCCCCCCCCCCCCCCCOC(=O)CCCCCCCCCCCCCCCC. The van der Waals surface area contributed by atoms with Gasteiger partial charge in [-0.2, -0.15) is 0 Å². The van der Waals surface area contributed by atoms with Crippen molar-refractivity contribution < 1.29 is 24.5 Å². The molecule has 0 aromatic heterocycles. The van der Waals surface area contributed by atoms with E-state index in [2.05, 4.69) is 19.2 Å². The van der Waals surface area contributed by atoms with E-state index < -0.39 is 12.1 Å². The highest BCUT2D eigenvalue weighted by molar-refractivity contribution is 5.76. The summed E-state index contributed by atoms with van der Waals surface area (Å²) in [5.41, 5.74) is 0. The number of unbranched alkanes of at least 4 members (excludes halogenated alkanes) is 59. The van der Waals surface area contributed by atoms with Crippen molar-refractivity contribution in [2.75, 3.05) is 13.2 Å². The lowest BCUT2D eigenvalue weighted by molar-refractivity contribution is -0.143. The monoisotopic (exact) mass is 1130 g/mol. The number of nitrogens with one attached hydrogen (secondary N) is 1. The maximum Gasteiger partial charge on any atom is 0.305 e. The van der Waals surface area contributed by atoms with Gasteiger partial charge in [0.15, 0.2) is 0 Å². The first-order valence-corrected chi connectivity index (χ1v) is 37.0. The predicted molar refractivity (Wildman–Crippen MR) is 352 cm³/mol. The van der Waals surface area contributed by atoms with Gasteiger partial charge in [-0.25, -0.2) is 0 Å². The molecule has 0 aromatic rings. The van der Waals surface area contributed by atoms with Crippen LogP contribution < -0.4 is 5.32 Å². The second kappa shape index (κ2) is 70.1. The van der Waals surface area contributed by atoms with Crippen LogP contribution in [0.1, 0.15) is 425 Å². The average Bonchev–Trinajstić information content (AvgIpc) is 3.46. The number of carbonyl (C=O) groups is 2. The molecule has 0 heterocycles. The van der Waals surface area contributed by atoms with Crippen molar-refractivity contribution in [3.05, 3.63) is 12.2 Å². The lowest BCUT2D eigenvalue weighted by Gasteiger charge is -2.20. The number of aliphatic hydroxyl groups is 2. The van der Waals surface area contributed by atoms with Crippen molar-refractivity contribution in [2.24, 2.45) is 0 Å². The van der Waals surface area contributed by atoms with Crippen LogP contribution in [0.3, 0.4) is 0 Å². The summed E-state index contributed by atoms with van der Waals surface area (Å²) in [6.07, 6.45) is 87.5. The molecule has 0 fully saturated rings. The molecule has 2 unspecified atom stereocenters. The van der Waals surface area contributed by atoms with Gasteiger partial charge in [-0.1, -0.05) is 392 Å².